The molecule has 2 aromatic carbocycles. The quantitative estimate of drug-likeness (QED) is 0.113. The highest BCUT2D eigenvalue weighted by Crippen LogP contribution is 2.46. The predicted molar refractivity (Wildman–Crippen MR) is 111 cm³/mol. The number of anilines is 1. The standard InChI is InChI=1S/C17H7Br4NO4/c1-2-9(23)26-8-5-3-4-7(6-8)22-16(24)10-11(17(22)25)13(19)15(21)14(20)12(10)18/h2-6H,1H2. The molecule has 26 heavy (non-hydrogen) atoms. The Hall–Kier alpha value is -1.29. The number of rotatable bonds is 3. The number of esters is 1. The van der Waals surface area contributed by atoms with Crippen LogP contribution in [0.3, 0.4) is 0 Å². The normalized spacial score (nSPS) is 13.0. The zero-order valence-electron chi connectivity index (χ0n) is 12.7. The molecule has 0 aromatic heterocycles. The number of halogens is 4. The van der Waals surface area contributed by atoms with Crippen LogP contribution in [0.1, 0.15) is 20.7 Å². The Morgan fingerprint density at radius 3 is 2.00 bits per heavy atom. The van der Waals surface area contributed by atoms with Gasteiger partial charge in [-0.3, -0.25) is 9.59 Å². The molecule has 0 saturated carbocycles. The molecule has 0 bridgehead atoms. The zero-order chi connectivity index (χ0) is 19.2. The van der Waals surface area contributed by atoms with Gasteiger partial charge < -0.3 is 4.74 Å². The van der Waals surface area contributed by atoms with Gasteiger partial charge in [0.15, 0.2) is 0 Å². The van der Waals surface area contributed by atoms with Crippen molar-refractivity contribution in [2.75, 3.05) is 4.90 Å². The lowest BCUT2D eigenvalue weighted by Crippen LogP contribution is -2.29. The number of hydrogen-bond donors (Lipinski definition) is 0. The first-order valence-electron chi connectivity index (χ1n) is 6.97. The van der Waals surface area contributed by atoms with Crippen LogP contribution in [-0.2, 0) is 4.79 Å². The highest BCUT2D eigenvalue weighted by Gasteiger charge is 2.41. The molecule has 0 fully saturated rings. The van der Waals surface area contributed by atoms with Crippen LogP contribution in [0.4, 0.5) is 5.69 Å². The first kappa shape index (κ1) is 19.5. The average molecular weight is 609 g/mol. The number of carbonyl (C=O) groups excluding carboxylic acids is 3. The Kier molecular flexibility index (Phi) is 5.53. The molecule has 0 saturated heterocycles. The maximum atomic E-state index is 12.9. The summed E-state index contributed by atoms with van der Waals surface area (Å²) in [6.07, 6.45) is 1.03. The van der Waals surface area contributed by atoms with E-state index in [9.17, 15) is 14.4 Å². The Morgan fingerprint density at radius 2 is 1.50 bits per heavy atom. The number of imide groups is 1. The Morgan fingerprint density at radius 1 is 0.962 bits per heavy atom. The fourth-order valence-electron chi connectivity index (χ4n) is 2.43. The molecule has 5 nitrogen and oxygen atoms in total. The Bertz CT molecular complexity index is 956. The van der Waals surface area contributed by atoms with Crippen molar-refractivity contribution >= 4 is 87.2 Å². The summed E-state index contributed by atoms with van der Waals surface area (Å²) in [6.45, 7) is 3.33. The third-order valence-electron chi connectivity index (χ3n) is 3.56. The van der Waals surface area contributed by atoms with Crippen molar-refractivity contribution in [3.05, 3.63) is 65.9 Å². The van der Waals surface area contributed by atoms with Crippen molar-refractivity contribution < 1.29 is 19.1 Å². The van der Waals surface area contributed by atoms with Crippen LogP contribution in [0.5, 0.6) is 5.75 Å². The number of amides is 2. The van der Waals surface area contributed by atoms with Gasteiger partial charge >= 0.3 is 5.97 Å². The zero-order valence-corrected chi connectivity index (χ0v) is 19.0. The molecule has 3 rings (SSSR count). The molecule has 2 amide bonds. The smallest absolute Gasteiger partial charge is 0.335 e. The lowest BCUT2D eigenvalue weighted by Gasteiger charge is -2.14. The van der Waals surface area contributed by atoms with Crippen LogP contribution < -0.4 is 9.64 Å². The van der Waals surface area contributed by atoms with Crippen LogP contribution in [0.2, 0.25) is 0 Å². The Labute approximate surface area is 181 Å². The molecule has 1 aliphatic heterocycles. The SMILES string of the molecule is C=CC(=O)Oc1cccc(N2C(=O)c3c(Br)c(Br)c(Br)c(Br)c3C2=O)c1. The van der Waals surface area contributed by atoms with Crippen LogP contribution in [0.25, 0.3) is 0 Å². The molecule has 1 aliphatic rings. The lowest BCUT2D eigenvalue weighted by atomic mass is 10.1. The molecule has 9 heteroatoms. The summed E-state index contributed by atoms with van der Waals surface area (Å²) in [7, 11) is 0. The van der Waals surface area contributed by atoms with Crippen molar-refractivity contribution in [2.45, 2.75) is 0 Å². The van der Waals surface area contributed by atoms with Gasteiger partial charge in [-0.05, 0) is 75.9 Å². The first-order valence-corrected chi connectivity index (χ1v) is 10.1. The van der Waals surface area contributed by atoms with Gasteiger partial charge in [0.25, 0.3) is 11.8 Å². The summed E-state index contributed by atoms with van der Waals surface area (Å²) in [5, 5.41) is 0. The van der Waals surface area contributed by atoms with E-state index < -0.39 is 17.8 Å². The Balaban J connectivity index is 2.11. The molecule has 2 aromatic rings. The van der Waals surface area contributed by atoms with Crippen molar-refractivity contribution in [1.29, 1.82) is 0 Å². The van der Waals surface area contributed by atoms with Crippen molar-refractivity contribution in [3.63, 3.8) is 0 Å². The molecule has 0 radical (unpaired) electrons. The highest BCUT2D eigenvalue weighted by atomic mass is 79.9. The topological polar surface area (TPSA) is 63.7 Å². The third-order valence-corrected chi connectivity index (χ3v) is 8.33. The van der Waals surface area contributed by atoms with E-state index in [1.54, 1.807) is 18.2 Å². The second-order valence-electron chi connectivity index (χ2n) is 5.07. The van der Waals surface area contributed by atoms with E-state index in [4.69, 9.17) is 4.74 Å². The molecule has 0 N–H and O–H groups in total. The van der Waals surface area contributed by atoms with E-state index in [2.05, 4.69) is 70.3 Å². The van der Waals surface area contributed by atoms with Crippen molar-refractivity contribution in [2.24, 2.45) is 0 Å². The van der Waals surface area contributed by atoms with Gasteiger partial charge in [-0.1, -0.05) is 12.6 Å². The largest absolute Gasteiger partial charge is 0.423 e. The summed E-state index contributed by atoms with van der Waals surface area (Å²) in [6, 6.07) is 6.15. The van der Waals surface area contributed by atoms with E-state index in [0.29, 0.717) is 17.9 Å². The number of fused-ring (bicyclic) bond motifs is 1. The van der Waals surface area contributed by atoms with E-state index in [1.807, 2.05) is 0 Å². The molecule has 0 spiro atoms. The van der Waals surface area contributed by atoms with Crippen LogP contribution >= 0.6 is 63.7 Å². The number of nitrogens with zero attached hydrogens (tertiary/aromatic N) is 1. The van der Waals surface area contributed by atoms with Crippen LogP contribution in [-0.4, -0.2) is 17.8 Å². The fraction of sp³-hybridized carbons (Fsp3) is 0. The van der Waals surface area contributed by atoms with Crippen molar-refractivity contribution in [3.8, 4) is 5.75 Å². The maximum absolute atomic E-state index is 12.9. The van der Waals surface area contributed by atoms with Gasteiger partial charge in [0, 0.05) is 30.0 Å². The first-order chi connectivity index (χ1) is 12.3. The third kappa shape index (κ3) is 3.11. The minimum absolute atomic E-state index is 0.199. The highest BCUT2D eigenvalue weighted by molar-refractivity contribution is 9.15. The number of benzene rings is 2. The van der Waals surface area contributed by atoms with Gasteiger partial charge in [-0.15, -0.1) is 0 Å². The van der Waals surface area contributed by atoms with Crippen molar-refractivity contribution in [1.82, 2.24) is 0 Å². The van der Waals surface area contributed by atoms with Gasteiger partial charge in [0.05, 0.1) is 16.8 Å². The second kappa shape index (κ2) is 7.38. The molecular weight excluding hydrogens is 602 g/mol. The lowest BCUT2D eigenvalue weighted by molar-refractivity contribution is -0.128. The molecule has 1 heterocycles. The fourth-order valence-corrected chi connectivity index (χ4v) is 4.88. The maximum Gasteiger partial charge on any atom is 0.335 e. The van der Waals surface area contributed by atoms with E-state index in [0.717, 1.165) is 11.0 Å². The summed E-state index contributed by atoms with van der Waals surface area (Å²) < 4.78 is 7.22. The number of ether oxygens (including phenoxy) is 1. The van der Waals surface area contributed by atoms with Gasteiger partial charge in [-0.25, -0.2) is 9.69 Å². The number of carbonyl (C=O) groups is 3. The van der Waals surface area contributed by atoms with E-state index in [-0.39, 0.29) is 22.6 Å². The monoisotopic (exact) mass is 605 g/mol. The van der Waals surface area contributed by atoms with Gasteiger partial charge in [-0.2, -0.15) is 0 Å². The summed E-state index contributed by atoms with van der Waals surface area (Å²) >= 11 is 13.5. The number of hydrogen-bond acceptors (Lipinski definition) is 4. The van der Waals surface area contributed by atoms with E-state index in [1.165, 1.54) is 6.07 Å². The summed E-state index contributed by atoms with van der Waals surface area (Å²) in [5.74, 6) is -1.41. The molecule has 132 valence electrons. The second-order valence-corrected chi connectivity index (χ2v) is 8.25. The summed E-state index contributed by atoms with van der Waals surface area (Å²) in [4.78, 5) is 38.3. The van der Waals surface area contributed by atoms with Crippen LogP contribution in [0.15, 0.2) is 54.8 Å². The van der Waals surface area contributed by atoms with Gasteiger partial charge in [0.2, 0.25) is 0 Å². The minimum atomic E-state index is -0.636. The predicted octanol–water partition coefficient (Wildman–Crippen LogP) is 5.63. The molecule has 0 atom stereocenters. The average Bonchev–Trinajstić information content (AvgIpc) is 2.88. The summed E-state index contributed by atoms with van der Waals surface area (Å²) in [5.41, 5.74) is 0.771. The van der Waals surface area contributed by atoms with E-state index >= 15 is 0 Å². The molecule has 0 unspecified atom stereocenters. The minimum Gasteiger partial charge on any atom is -0.423 e. The van der Waals surface area contributed by atoms with Crippen LogP contribution in [0, 0.1) is 0 Å². The van der Waals surface area contributed by atoms with Gasteiger partial charge in [0.1, 0.15) is 5.75 Å². The molecular formula is C17H7Br4NO4. The molecule has 0 aliphatic carbocycles.